The molecule has 5 heteroatoms. The molecule has 0 spiro atoms. The molecule has 0 aliphatic rings. The van der Waals surface area contributed by atoms with Crippen molar-refractivity contribution in [2.24, 2.45) is 5.84 Å². The van der Waals surface area contributed by atoms with Gasteiger partial charge < -0.3 is 0 Å². The highest BCUT2D eigenvalue weighted by atomic mass is 35.5. The highest BCUT2D eigenvalue weighted by Gasteiger charge is 2.19. The molecule has 1 aromatic carbocycles. The van der Waals surface area contributed by atoms with Crippen LogP contribution in [-0.2, 0) is 6.42 Å². The summed E-state index contributed by atoms with van der Waals surface area (Å²) in [5.74, 6) is 5.00. The average molecular weight is 221 g/mol. The van der Waals surface area contributed by atoms with Crippen LogP contribution in [0.3, 0.4) is 0 Å². The van der Waals surface area contributed by atoms with Gasteiger partial charge in [0.1, 0.15) is 0 Å². The van der Waals surface area contributed by atoms with E-state index in [1.165, 1.54) is 0 Å². The number of nitrogens with two attached hydrogens (primary N) is 1. The smallest absolute Gasteiger partial charge is 0.255 e. The average Bonchev–Trinajstić information content (AvgIpc) is 2.16. The van der Waals surface area contributed by atoms with E-state index in [9.17, 15) is 8.78 Å². The van der Waals surface area contributed by atoms with Crippen LogP contribution in [0.5, 0.6) is 0 Å². The van der Waals surface area contributed by atoms with Crippen LogP contribution in [-0.4, -0.2) is 12.5 Å². The molecule has 2 nitrogen and oxygen atoms in total. The zero-order valence-corrected chi connectivity index (χ0v) is 8.14. The summed E-state index contributed by atoms with van der Waals surface area (Å²) in [5.41, 5.74) is 2.73. The topological polar surface area (TPSA) is 38.0 Å². The molecule has 0 saturated carbocycles. The summed E-state index contributed by atoms with van der Waals surface area (Å²) < 4.78 is 24.7. The summed E-state index contributed by atoms with van der Waals surface area (Å²) in [4.78, 5) is 0. The molecule has 0 saturated heterocycles. The Kier molecular flexibility index (Phi) is 4.25. The molecule has 0 aliphatic carbocycles. The lowest BCUT2D eigenvalue weighted by Gasteiger charge is -2.15. The molecule has 1 atom stereocenters. The first-order valence-electron chi connectivity index (χ1n) is 4.13. The van der Waals surface area contributed by atoms with Crippen LogP contribution in [0.4, 0.5) is 8.78 Å². The highest BCUT2D eigenvalue weighted by molar-refractivity contribution is 6.31. The number of hydrogen-bond acceptors (Lipinski definition) is 2. The van der Waals surface area contributed by atoms with Crippen molar-refractivity contribution in [3.63, 3.8) is 0 Å². The Morgan fingerprint density at radius 3 is 2.50 bits per heavy atom. The van der Waals surface area contributed by atoms with Crippen LogP contribution >= 0.6 is 11.6 Å². The number of rotatable bonds is 4. The summed E-state index contributed by atoms with van der Waals surface area (Å²) in [5, 5.41) is 0.480. The standard InChI is InChI=1S/C9H11ClF2N2/c10-7-4-2-1-3-6(7)5-8(14-13)9(11)12/h1-4,8-9,14H,5,13H2. The van der Waals surface area contributed by atoms with Gasteiger partial charge >= 0.3 is 0 Å². The molecule has 0 aliphatic heterocycles. The van der Waals surface area contributed by atoms with Crippen LogP contribution in [0.25, 0.3) is 0 Å². The van der Waals surface area contributed by atoms with Gasteiger partial charge in [0, 0.05) is 5.02 Å². The second-order valence-electron chi connectivity index (χ2n) is 2.90. The monoisotopic (exact) mass is 220 g/mol. The van der Waals surface area contributed by atoms with Crippen LogP contribution < -0.4 is 11.3 Å². The van der Waals surface area contributed by atoms with E-state index in [-0.39, 0.29) is 6.42 Å². The van der Waals surface area contributed by atoms with Crippen LogP contribution in [0.1, 0.15) is 5.56 Å². The van der Waals surface area contributed by atoms with Gasteiger partial charge in [0.2, 0.25) is 0 Å². The number of benzene rings is 1. The van der Waals surface area contributed by atoms with Crippen molar-refractivity contribution in [3.05, 3.63) is 34.9 Å². The molecule has 0 bridgehead atoms. The lowest BCUT2D eigenvalue weighted by Crippen LogP contribution is -2.42. The van der Waals surface area contributed by atoms with Crippen molar-refractivity contribution in [1.82, 2.24) is 5.43 Å². The maximum Gasteiger partial charge on any atom is 0.255 e. The molecule has 3 N–H and O–H groups in total. The first-order valence-corrected chi connectivity index (χ1v) is 4.50. The molecule has 1 unspecified atom stereocenters. The second-order valence-corrected chi connectivity index (χ2v) is 3.31. The van der Waals surface area contributed by atoms with Crippen molar-refractivity contribution >= 4 is 11.6 Å². The van der Waals surface area contributed by atoms with E-state index in [4.69, 9.17) is 17.4 Å². The molecule has 0 heterocycles. The van der Waals surface area contributed by atoms with E-state index >= 15 is 0 Å². The Balaban J connectivity index is 2.72. The van der Waals surface area contributed by atoms with E-state index in [1.54, 1.807) is 24.3 Å². The second kappa shape index (κ2) is 5.24. The van der Waals surface area contributed by atoms with Gasteiger partial charge in [0.15, 0.2) is 0 Å². The first-order chi connectivity index (χ1) is 6.65. The van der Waals surface area contributed by atoms with Gasteiger partial charge in [-0.15, -0.1) is 0 Å². The van der Waals surface area contributed by atoms with Crippen LogP contribution in [0, 0.1) is 0 Å². The van der Waals surface area contributed by atoms with E-state index in [0.29, 0.717) is 10.6 Å². The maximum atomic E-state index is 12.3. The largest absolute Gasteiger partial charge is 0.271 e. The minimum Gasteiger partial charge on any atom is -0.271 e. The molecule has 78 valence electrons. The van der Waals surface area contributed by atoms with E-state index in [1.807, 2.05) is 0 Å². The summed E-state index contributed by atoms with van der Waals surface area (Å²) in [6, 6.07) is 5.81. The van der Waals surface area contributed by atoms with Gasteiger partial charge in [-0.25, -0.2) is 8.78 Å². The third-order valence-corrected chi connectivity index (χ3v) is 2.28. The Morgan fingerprint density at radius 1 is 1.36 bits per heavy atom. The summed E-state index contributed by atoms with van der Waals surface area (Å²) in [6.45, 7) is 0. The van der Waals surface area contributed by atoms with Gasteiger partial charge in [-0.2, -0.15) is 0 Å². The minimum absolute atomic E-state index is 0.119. The zero-order chi connectivity index (χ0) is 10.6. The Morgan fingerprint density at radius 2 is 2.00 bits per heavy atom. The van der Waals surface area contributed by atoms with Gasteiger partial charge in [-0.3, -0.25) is 11.3 Å². The Bertz CT molecular complexity index is 294. The number of hydrazine groups is 1. The normalized spacial score (nSPS) is 13.2. The van der Waals surface area contributed by atoms with Crippen molar-refractivity contribution in [2.45, 2.75) is 18.9 Å². The fourth-order valence-corrected chi connectivity index (χ4v) is 1.33. The van der Waals surface area contributed by atoms with Crippen molar-refractivity contribution in [3.8, 4) is 0 Å². The molecular weight excluding hydrogens is 210 g/mol. The van der Waals surface area contributed by atoms with E-state index < -0.39 is 12.5 Å². The van der Waals surface area contributed by atoms with Crippen molar-refractivity contribution in [2.75, 3.05) is 0 Å². The predicted molar refractivity (Wildman–Crippen MR) is 52.3 cm³/mol. The van der Waals surface area contributed by atoms with Gasteiger partial charge in [0.05, 0.1) is 6.04 Å². The molecule has 0 aromatic heterocycles. The highest BCUT2D eigenvalue weighted by Crippen LogP contribution is 2.18. The quantitative estimate of drug-likeness (QED) is 0.602. The summed E-state index contributed by atoms with van der Waals surface area (Å²) in [6.07, 6.45) is -2.38. The third-order valence-electron chi connectivity index (χ3n) is 1.92. The lowest BCUT2D eigenvalue weighted by atomic mass is 10.1. The summed E-state index contributed by atoms with van der Waals surface area (Å²) >= 11 is 5.82. The number of hydrogen-bond donors (Lipinski definition) is 2. The van der Waals surface area contributed by atoms with Crippen LogP contribution in [0.2, 0.25) is 5.02 Å². The van der Waals surface area contributed by atoms with Gasteiger partial charge in [-0.05, 0) is 18.1 Å². The van der Waals surface area contributed by atoms with Crippen molar-refractivity contribution < 1.29 is 8.78 Å². The fraction of sp³-hybridized carbons (Fsp3) is 0.333. The minimum atomic E-state index is -2.50. The molecular formula is C9H11ClF2N2. The molecule has 0 radical (unpaired) electrons. The number of alkyl halides is 2. The SMILES string of the molecule is NNC(Cc1ccccc1Cl)C(F)F. The first kappa shape index (κ1) is 11.4. The lowest BCUT2D eigenvalue weighted by molar-refractivity contribution is 0.0984. The van der Waals surface area contributed by atoms with Crippen molar-refractivity contribution in [1.29, 1.82) is 0 Å². The number of halogens is 3. The number of nitrogens with one attached hydrogen (secondary N) is 1. The maximum absolute atomic E-state index is 12.3. The summed E-state index contributed by atoms with van der Waals surface area (Å²) in [7, 11) is 0. The molecule has 0 amide bonds. The Hall–Kier alpha value is -0.710. The fourth-order valence-electron chi connectivity index (χ4n) is 1.12. The molecule has 0 fully saturated rings. The molecule has 1 aromatic rings. The van der Waals surface area contributed by atoms with E-state index in [2.05, 4.69) is 5.43 Å². The predicted octanol–water partition coefficient (Wildman–Crippen LogP) is 1.98. The Labute approximate surface area is 86.0 Å². The molecule has 1 rings (SSSR count). The zero-order valence-electron chi connectivity index (χ0n) is 7.38. The third kappa shape index (κ3) is 2.90. The van der Waals surface area contributed by atoms with E-state index in [0.717, 1.165) is 0 Å². The molecule has 14 heavy (non-hydrogen) atoms. The van der Waals surface area contributed by atoms with Crippen LogP contribution in [0.15, 0.2) is 24.3 Å². The van der Waals surface area contributed by atoms with Gasteiger partial charge in [-0.1, -0.05) is 29.8 Å². The van der Waals surface area contributed by atoms with Gasteiger partial charge in [0.25, 0.3) is 6.43 Å².